The van der Waals surface area contributed by atoms with E-state index in [2.05, 4.69) is 25.8 Å². The molecule has 0 fully saturated rings. The van der Waals surface area contributed by atoms with E-state index in [1.165, 1.54) is 11.8 Å². The van der Waals surface area contributed by atoms with Gasteiger partial charge < -0.3 is 4.74 Å². The van der Waals surface area contributed by atoms with Gasteiger partial charge in [-0.2, -0.15) is 5.10 Å². The monoisotopic (exact) mass is 305 g/mol. The summed E-state index contributed by atoms with van der Waals surface area (Å²) in [5.74, 6) is -0.444. The van der Waals surface area contributed by atoms with Gasteiger partial charge in [-0.05, 0) is 13.8 Å². The van der Waals surface area contributed by atoms with Crippen molar-refractivity contribution in [2.75, 3.05) is 7.11 Å². The van der Waals surface area contributed by atoms with Crippen LogP contribution in [0.25, 0.3) is 0 Å². The van der Waals surface area contributed by atoms with Crippen LogP contribution in [-0.2, 0) is 16.1 Å². The number of ether oxygens (including phenoxy) is 1. The van der Waals surface area contributed by atoms with Gasteiger partial charge in [0.25, 0.3) is 0 Å². The number of halogens is 1. The van der Waals surface area contributed by atoms with Crippen molar-refractivity contribution in [1.29, 1.82) is 0 Å². The van der Waals surface area contributed by atoms with E-state index in [0.29, 0.717) is 11.4 Å². The molecule has 0 bridgehead atoms. The zero-order valence-corrected chi connectivity index (χ0v) is 11.2. The summed E-state index contributed by atoms with van der Waals surface area (Å²) < 4.78 is 5.97. The van der Waals surface area contributed by atoms with Crippen molar-refractivity contribution in [1.82, 2.24) is 9.78 Å². The third-order valence-electron chi connectivity index (χ3n) is 2.32. The molecular formula is C9H12BrN3O4. The first-order valence-corrected chi connectivity index (χ1v) is 5.70. The maximum Gasteiger partial charge on any atom is 0.321 e. The van der Waals surface area contributed by atoms with E-state index >= 15 is 0 Å². The summed E-state index contributed by atoms with van der Waals surface area (Å²) in [6.07, 6.45) is 0. The van der Waals surface area contributed by atoms with Crippen LogP contribution in [0.15, 0.2) is 0 Å². The number of nitrogens with zero attached hydrogens (tertiary/aromatic N) is 3. The zero-order chi connectivity index (χ0) is 13.2. The predicted molar refractivity (Wildman–Crippen MR) is 63.1 cm³/mol. The molecule has 94 valence electrons. The average molecular weight is 306 g/mol. The van der Waals surface area contributed by atoms with Gasteiger partial charge in [-0.15, -0.1) is 0 Å². The van der Waals surface area contributed by atoms with Gasteiger partial charge in [0.2, 0.25) is 0 Å². The molecule has 1 heterocycles. The summed E-state index contributed by atoms with van der Waals surface area (Å²) in [6.45, 7) is 3.34. The molecule has 0 aliphatic carbocycles. The summed E-state index contributed by atoms with van der Waals surface area (Å²) in [7, 11) is 1.28. The molecule has 17 heavy (non-hydrogen) atoms. The first kappa shape index (κ1) is 13.6. The Hall–Kier alpha value is -1.44. The number of rotatable bonds is 4. The molecule has 1 unspecified atom stereocenters. The molecule has 8 heteroatoms. The molecule has 0 radical (unpaired) electrons. The van der Waals surface area contributed by atoms with Crippen LogP contribution in [0.1, 0.15) is 11.4 Å². The Bertz CT molecular complexity index is 457. The van der Waals surface area contributed by atoms with E-state index < -0.39 is 15.7 Å². The molecule has 0 aromatic carbocycles. The number of carbonyl (C=O) groups excluding carboxylic acids is 1. The highest BCUT2D eigenvalue weighted by Gasteiger charge is 2.24. The van der Waals surface area contributed by atoms with Gasteiger partial charge in [-0.25, -0.2) is 0 Å². The quantitative estimate of drug-likeness (QED) is 0.362. The second-order valence-electron chi connectivity index (χ2n) is 3.45. The Morgan fingerprint density at radius 3 is 2.65 bits per heavy atom. The minimum absolute atomic E-state index is 0.0189. The van der Waals surface area contributed by atoms with Crippen LogP contribution in [-0.4, -0.2) is 32.6 Å². The van der Waals surface area contributed by atoms with Gasteiger partial charge in [0.05, 0.1) is 18.6 Å². The molecule has 7 nitrogen and oxygen atoms in total. The molecule has 0 saturated heterocycles. The molecule has 1 aromatic heterocycles. The largest absolute Gasteiger partial charge is 0.468 e. The Morgan fingerprint density at radius 1 is 1.65 bits per heavy atom. The van der Waals surface area contributed by atoms with E-state index in [1.54, 1.807) is 13.8 Å². The Morgan fingerprint density at radius 2 is 2.24 bits per heavy atom. The number of hydrogen-bond donors (Lipinski definition) is 0. The number of esters is 1. The van der Waals surface area contributed by atoms with Crippen molar-refractivity contribution in [3.8, 4) is 0 Å². The molecule has 0 N–H and O–H groups in total. The van der Waals surface area contributed by atoms with Crippen molar-refractivity contribution in [3.63, 3.8) is 0 Å². The third kappa shape index (κ3) is 2.82. The van der Waals surface area contributed by atoms with Crippen molar-refractivity contribution < 1.29 is 14.5 Å². The Kier molecular flexibility index (Phi) is 4.22. The van der Waals surface area contributed by atoms with Crippen LogP contribution in [0.3, 0.4) is 0 Å². The highest BCUT2D eigenvalue weighted by Crippen LogP contribution is 2.22. The van der Waals surface area contributed by atoms with Gasteiger partial charge in [0, 0.05) is 0 Å². The lowest BCUT2D eigenvalue weighted by atomic mass is 10.3. The van der Waals surface area contributed by atoms with Gasteiger partial charge in [0.15, 0.2) is 0 Å². The number of alkyl halides is 1. The summed E-state index contributed by atoms with van der Waals surface area (Å²) in [5, 5.41) is 14.8. The molecule has 1 aromatic rings. The smallest absolute Gasteiger partial charge is 0.321 e. The van der Waals surface area contributed by atoms with Crippen LogP contribution in [0.5, 0.6) is 0 Å². The number of aromatic nitrogens is 2. The summed E-state index contributed by atoms with van der Waals surface area (Å²) >= 11 is 3.14. The zero-order valence-electron chi connectivity index (χ0n) is 9.64. The number of carbonyl (C=O) groups is 1. The van der Waals surface area contributed by atoms with Crippen LogP contribution >= 0.6 is 15.9 Å². The van der Waals surface area contributed by atoms with E-state index in [9.17, 15) is 14.9 Å². The molecule has 0 aliphatic rings. The first-order chi connectivity index (χ1) is 7.88. The first-order valence-electron chi connectivity index (χ1n) is 4.78. The number of nitro groups is 1. The van der Waals surface area contributed by atoms with Gasteiger partial charge in [-0.1, -0.05) is 15.9 Å². The number of methoxy groups -OCH3 is 1. The fourth-order valence-corrected chi connectivity index (χ4v) is 1.94. The summed E-state index contributed by atoms with van der Waals surface area (Å²) in [6, 6.07) is 0. The average Bonchev–Trinajstić information content (AvgIpc) is 2.52. The molecule has 0 spiro atoms. The maximum atomic E-state index is 11.2. The molecule has 1 rings (SSSR count). The van der Waals surface area contributed by atoms with Gasteiger partial charge in [0.1, 0.15) is 16.2 Å². The second kappa shape index (κ2) is 5.26. The fraction of sp³-hybridized carbons (Fsp3) is 0.556. The van der Waals surface area contributed by atoms with E-state index in [4.69, 9.17) is 0 Å². The number of hydrogen-bond acceptors (Lipinski definition) is 5. The SMILES string of the molecule is COC(=O)C(Br)Cn1nc(C)c([N+](=O)[O-])c1C. The summed E-state index contributed by atoms with van der Waals surface area (Å²) in [5.41, 5.74) is 0.729. The minimum Gasteiger partial charge on any atom is -0.468 e. The highest BCUT2D eigenvalue weighted by molar-refractivity contribution is 9.10. The molecular weight excluding hydrogens is 294 g/mol. The van der Waals surface area contributed by atoms with Crippen LogP contribution in [0.4, 0.5) is 5.69 Å². The Balaban J connectivity index is 2.97. The van der Waals surface area contributed by atoms with Crippen LogP contribution in [0.2, 0.25) is 0 Å². The topological polar surface area (TPSA) is 87.3 Å². The van der Waals surface area contributed by atoms with Gasteiger partial charge in [-0.3, -0.25) is 19.6 Å². The second-order valence-corrected chi connectivity index (χ2v) is 4.55. The Labute approximate surface area is 106 Å². The normalized spacial score (nSPS) is 12.2. The highest BCUT2D eigenvalue weighted by atomic mass is 79.9. The fourth-order valence-electron chi connectivity index (χ4n) is 1.48. The van der Waals surface area contributed by atoms with Crippen molar-refractivity contribution in [2.24, 2.45) is 0 Å². The minimum atomic E-state index is -0.579. The van der Waals surface area contributed by atoms with Crippen molar-refractivity contribution >= 4 is 27.6 Å². The van der Waals surface area contributed by atoms with E-state index in [-0.39, 0.29) is 12.2 Å². The third-order valence-corrected chi connectivity index (χ3v) is 2.98. The standard InChI is InChI=1S/C9H12BrN3O4/c1-5-8(13(15)16)6(2)12(11-5)4-7(10)9(14)17-3/h7H,4H2,1-3H3. The maximum absolute atomic E-state index is 11.2. The lowest BCUT2D eigenvalue weighted by Crippen LogP contribution is -2.22. The molecule has 0 saturated carbocycles. The predicted octanol–water partition coefficient (Wildman–Crippen LogP) is 1.34. The lowest BCUT2D eigenvalue weighted by molar-refractivity contribution is -0.386. The van der Waals surface area contributed by atoms with E-state index in [1.807, 2.05) is 0 Å². The molecule has 0 amide bonds. The molecule has 1 atom stereocenters. The van der Waals surface area contributed by atoms with Crippen LogP contribution < -0.4 is 0 Å². The van der Waals surface area contributed by atoms with Crippen molar-refractivity contribution in [2.45, 2.75) is 25.2 Å². The molecule has 0 aliphatic heterocycles. The van der Waals surface area contributed by atoms with Crippen molar-refractivity contribution in [3.05, 3.63) is 21.5 Å². The summed E-state index contributed by atoms with van der Waals surface area (Å²) in [4.78, 5) is 20.9. The van der Waals surface area contributed by atoms with E-state index in [0.717, 1.165) is 0 Å². The number of aryl methyl sites for hydroxylation is 1. The lowest BCUT2D eigenvalue weighted by Gasteiger charge is -2.08. The van der Waals surface area contributed by atoms with Gasteiger partial charge >= 0.3 is 11.7 Å². The van der Waals surface area contributed by atoms with Crippen LogP contribution in [0, 0.1) is 24.0 Å².